The third-order valence-electron chi connectivity index (χ3n) is 7.73. The first-order valence-electron chi connectivity index (χ1n) is 14.7. The van der Waals surface area contributed by atoms with E-state index in [-0.39, 0.29) is 43.8 Å². The van der Waals surface area contributed by atoms with Crippen LogP contribution >= 0.6 is 23.2 Å². The van der Waals surface area contributed by atoms with Crippen LogP contribution in [0.2, 0.25) is 10.0 Å². The molecule has 7 nitrogen and oxygen atoms in total. The van der Waals surface area contributed by atoms with E-state index in [1.54, 1.807) is 41.3 Å². The van der Waals surface area contributed by atoms with Crippen LogP contribution in [0.5, 0.6) is 0 Å². The van der Waals surface area contributed by atoms with Crippen LogP contribution in [0.4, 0.5) is 5.69 Å². The molecule has 0 bridgehead atoms. The molecular weight excluding hydrogens is 605 g/mol. The summed E-state index contributed by atoms with van der Waals surface area (Å²) in [5.74, 6) is -0.408. The number of nitrogens with zero attached hydrogens (tertiary/aromatic N) is 2. The van der Waals surface area contributed by atoms with Gasteiger partial charge in [0, 0.05) is 42.0 Å². The SMILES string of the molecule is CS(=O)(=O)N(CCCC(=O)N(Cc1cccc(Cl)c1)[C@@H](Cc1ccccc1)C(=O)NC1CCCCC1)c1ccc(Cl)cc1. The molecule has 1 fully saturated rings. The van der Waals surface area contributed by atoms with Crippen molar-refractivity contribution < 1.29 is 18.0 Å². The molecule has 1 atom stereocenters. The van der Waals surface area contributed by atoms with E-state index in [2.05, 4.69) is 5.32 Å². The normalized spacial score (nSPS) is 14.6. The number of halogens is 2. The highest BCUT2D eigenvalue weighted by Crippen LogP contribution is 2.23. The van der Waals surface area contributed by atoms with Crippen LogP contribution in [0.1, 0.15) is 56.1 Å². The molecule has 230 valence electrons. The van der Waals surface area contributed by atoms with Gasteiger partial charge in [0.1, 0.15) is 6.04 Å². The van der Waals surface area contributed by atoms with Crippen LogP contribution in [0.3, 0.4) is 0 Å². The fraction of sp³-hybridized carbons (Fsp3) is 0.394. The topological polar surface area (TPSA) is 86.8 Å². The number of amides is 2. The van der Waals surface area contributed by atoms with E-state index in [1.165, 1.54) is 10.7 Å². The van der Waals surface area contributed by atoms with E-state index in [1.807, 2.05) is 42.5 Å². The number of nitrogens with one attached hydrogen (secondary N) is 1. The third-order valence-corrected chi connectivity index (χ3v) is 9.41. The van der Waals surface area contributed by atoms with Crippen molar-refractivity contribution in [1.29, 1.82) is 0 Å². The van der Waals surface area contributed by atoms with Crippen LogP contribution in [-0.2, 0) is 32.6 Å². The van der Waals surface area contributed by atoms with Crippen LogP contribution in [0.15, 0.2) is 78.9 Å². The first kappa shape index (κ1) is 32.8. The van der Waals surface area contributed by atoms with Gasteiger partial charge in [-0.25, -0.2) is 8.42 Å². The molecule has 4 rings (SSSR count). The summed E-state index contributed by atoms with van der Waals surface area (Å²) in [7, 11) is -3.60. The molecule has 0 aromatic heterocycles. The Morgan fingerprint density at radius 1 is 0.884 bits per heavy atom. The predicted molar refractivity (Wildman–Crippen MR) is 174 cm³/mol. The molecule has 1 aliphatic carbocycles. The van der Waals surface area contributed by atoms with E-state index in [0.717, 1.165) is 43.1 Å². The molecule has 3 aromatic carbocycles. The Balaban J connectivity index is 1.58. The van der Waals surface area contributed by atoms with E-state index in [0.29, 0.717) is 22.2 Å². The van der Waals surface area contributed by atoms with Crippen molar-refractivity contribution in [2.75, 3.05) is 17.1 Å². The maximum atomic E-state index is 14.0. The predicted octanol–water partition coefficient (Wildman–Crippen LogP) is 6.63. The van der Waals surface area contributed by atoms with Crippen molar-refractivity contribution in [3.63, 3.8) is 0 Å². The van der Waals surface area contributed by atoms with Gasteiger partial charge in [0.2, 0.25) is 21.8 Å². The summed E-state index contributed by atoms with van der Waals surface area (Å²) in [4.78, 5) is 29.5. The molecule has 2 amide bonds. The van der Waals surface area contributed by atoms with Crippen molar-refractivity contribution in [3.05, 3.63) is 100 Å². The van der Waals surface area contributed by atoms with Gasteiger partial charge >= 0.3 is 0 Å². The molecule has 0 radical (unpaired) electrons. The first-order valence-corrected chi connectivity index (χ1v) is 17.3. The highest BCUT2D eigenvalue weighted by Gasteiger charge is 2.32. The number of hydrogen-bond acceptors (Lipinski definition) is 4. The second kappa shape index (κ2) is 15.6. The average Bonchev–Trinajstić information content (AvgIpc) is 2.98. The first-order chi connectivity index (χ1) is 20.6. The van der Waals surface area contributed by atoms with Gasteiger partial charge in [-0.1, -0.05) is 84.9 Å². The average molecular weight is 645 g/mol. The Labute approximate surface area is 265 Å². The van der Waals surface area contributed by atoms with Crippen molar-refractivity contribution in [2.24, 2.45) is 0 Å². The molecule has 0 unspecified atom stereocenters. The monoisotopic (exact) mass is 643 g/mol. The molecule has 0 saturated heterocycles. The van der Waals surface area contributed by atoms with E-state index in [9.17, 15) is 18.0 Å². The van der Waals surface area contributed by atoms with Crippen molar-refractivity contribution in [2.45, 2.75) is 70.0 Å². The second-order valence-electron chi connectivity index (χ2n) is 11.1. The van der Waals surface area contributed by atoms with Gasteiger partial charge in [-0.2, -0.15) is 0 Å². The summed E-state index contributed by atoms with van der Waals surface area (Å²) in [5.41, 5.74) is 2.23. The molecule has 0 aliphatic heterocycles. The molecule has 1 saturated carbocycles. The summed E-state index contributed by atoms with van der Waals surface area (Å²) < 4.78 is 26.5. The third kappa shape index (κ3) is 9.98. The largest absolute Gasteiger partial charge is 0.352 e. The number of rotatable bonds is 13. The summed E-state index contributed by atoms with van der Waals surface area (Å²) in [5, 5.41) is 4.28. The van der Waals surface area contributed by atoms with Crippen LogP contribution in [-0.4, -0.2) is 50.0 Å². The Bertz CT molecular complexity index is 1460. The lowest BCUT2D eigenvalue weighted by Gasteiger charge is -2.34. The fourth-order valence-electron chi connectivity index (χ4n) is 5.54. The summed E-state index contributed by atoms with van der Waals surface area (Å²) in [6.45, 7) is 0.302. The molecule has 43 heavy (non-hydrogen) atoms. The van der Waals surface area contributed by atoms with Gasteiger partial charge in [-0.3, -0.25) is 13.9 Å². The minimum absolute atomic E-state index is 0.0577. The number of carbonyl (C=O) groups excluding carboxylic acids is 2. The van der Waals surface area contributed by atoms with Gasteiger partial charge in [-0.05, 0) is 66.8 Å². The molecule has 0 heterocycles. The second-order valence-corrected chi connectivity index (χ2v) is 13.9. The maximum Gasteiger partial charge on any atom is 0.243 e. The van der Waals surface area contributed by atoms with Crippen molar-refractivity contribution >= 4 is 50.7 Å². The van der Waals surface area contributed by atoms with Crippen molar-refractivity contribution in [3.8, 4) is 0 Å². The van der Waals surface area contributed by atoms with E-state index < -0.39 is 16.1 Å². The smallest absolute Gasteiger partial charge is 0.243 e. The van der Waals surface area contributed by atoms with E-state index in [4.69, 9.17) is 23.2 Å². The lowest BCUT2D eigenvalue weighted by Crippen LogP contribution is -2.52. The molecule has 0 spiro atoms. The van der Waals surface area contributed by atoms with Gasteiger partial charge in [0.25, 0.3) is 0 Å². The van der Waals surface area contributed by atoms with Gasteiger partial charge < -0.3 is 10.2 Å². The minimum atomic E-state index is -3.60. The van der Waals surface area contributed by atoms with Crippen LogP contribution in [0.25, 0.3) is 0 Å². The quantitative estimate of drug-likeness (QED) is 0.227. The van der Waals surface area contributed by atoms with Crippen LogP contribution < -0.4 is 9.62 Å². The number of sulfonamides is 1. The highest BCUT2D eigenvalue weighted by molar-refractivity contribution is 7.92. The summed E-state index contributed by atoms with van der Waals surface area (Å²) >= 11 is 12.3. The Morgan fingerprint density at radius 3 is 2.21 bits per heavy atom. The summed E-state index contributed by atoms with van der Waals surface area (Å²) in [6, 6.07) is 22.8. The number of hydrogen-bond donors (Lipinski definition) is 1. The Hall–Kier alpha value is -3.07. The highest BCUT2D eigenvalue weighted by atomic mass is 35.5. The fourth-order valence-corrected chi connectivity index (χ4v) is 6.85. The molecular formula is C33H39Cl2N3O4S. The number of benzene rings is 3. The van der Waals surface area contributed by atoms with Gasteiger partial charge in [0.05, 0.1) is 11.9 Å². The summed E-state index contributed by atoms with van der Waals surface area (Å²) in [6.07, 6.45) is 6.99. The Morgan fingerprint density at radius 2 is 1.56 bits per heavy atom. The van der Waals surface area contributed by atoms with E-state index >= 15 is 0 Å². The lowest BCUT2D eigenvalue weighted by atomic mass is 9.94. The molecule has 1 N–H and O–H groups in total. The van der Waals surface area contributed by atoms with Crippen molar-refractivity contribution in [1.82, 2.24) is 10.2 Å². The molecule has 10 heteroatoms. The molecule has 3 aromatic rings. The standard InChI is InChI=1S/C33H39Cl2N3O4S/c1-43(41,42)38(30-19-17-27(34)18-20-30)21-9-16-32(39)37(24-26-12-8-13-28(35)22-26)31(23-25-10-4-2-5-11-25)33(40)36-29-14-6-3-7-15-29/h2,4-5,8,10-13,17-20,22,29,31H,3,6-7,9,14-16,21,23-24H2,1H3,(H,36,40)/t31-/m0/s1. The number of carbonyl (C=O) groups is 2. The van der Waals surface area contributed by atoms with Gasteiger partial charge in [0.15, 0.2) is 0 Å². The maximum absolute atomic E-state index is 14.0. The number of anilines is 1. The minimum Gasteiger partial charge on any atom is -0.352 e. The van der Waals surface area contributed by atoms with Gasteiger partial charge in [-0.15, -0.1) is 0 Å². The molecule has 1 aliphatic rings. The zero-order chi connectivity index (χ0) is 30.8. The Kier molecular flexibility index (Phi) is 11.9. The zero-order valence-electron chi connectivity index (χ0n) is 24.4. The zero-order valence-corrected chi connectivity index (χ0v) is 26.8. The lowest BCUT2D eigenvalue weighted by molar-refractivity contribution is -0.141. The van der Waals surface area contributed by atoms with Crippen LogP contribution in [0, 0.1) is 0 Å².